The first-order valence-electron chi connectivity index (χ1n) is 15.6. The van der Waals surface area contributed by atoms with E-state index in [1.165, 1.54) is 0 Å². The minimum Gasteiger partial charge on any atom is -0.507 e. The summed E-state index contributed by atoms with van der Waals surface area (Å²) in [5, 5.41) is 11.5. The largest absolute Gasteiger partial charge is 0.507 e. The van der Waals surface area contributed by atoms with Crippen LogP contribution in [0.2, 0.25) is 0 Å². The van der Waals surface area contributed by atoms with Gasteiger partial charge >= 0.3 is 0 Å². The summed E-state index contributed by atoms with van der Waals surface area (Å²) in [4.78, 5) is 30.8. The van der Waals surface area contributed by atoms with Crippen molar-refractivity contribution in [3.05, 3.63) is 101 Å². The molecule has 1 N–H and O–H groups in total. The van der Waals surface area contributed by atoms with Crippen molar-refractivity contribution in [3.8, 4) is 11.5 Å². The van der Waals surface area contributed by atoms with Crippen LogP contribution in [0.5, 0.6) is 11.5 Å². The number of benzene rings is 3. The molecule has 0 bridgehead atoms. The molecule has 2 aliphatic rings. The lowest BCUT2D eigenvalue weighted by molar-refractivity contribution is -0.140. The highest BCUT2D eigenvalue weighted by molar-refractivity contribution is 6.46. The number of amides is 1. The number of Topliss-reactive ketones (excluding diaryl/α,β-unsaturated/α-hetero) is 1. The second-order valence-electron chi connectivity index (χ2n) is 11.2. The molecule has 0 aliphatic carbocycles. The van der Waals surface area contributed by atoms with E-state index in [2.05, 4.69) is 11.8 Å². The minimum absolute atomic E-state index is 0.0935. The third kappa shape index (κ3) is 7.87. The van der Waals surface area contributed by atoms with E-state index in [9.17, 15) is 14.7 Å². The topological polar surface area (TPSA) is 88.5 Å². The monoisotopic (exact) mass is 598 g/mol. The van der Waals surface area contributed by atoms with Gasteiger partial charge in [-0.2, -0.15) is 0 Å². The van der Waals surface area contributed by atoms with Crippen LogP contribution in [0.1, 0.15) is 55.3 Å². The first-order valence-corrected chi connectivity index (χ1v) is 15.6. The SMILES string of the molecule is CCCCCOc1ccc(C2/C(=C(\O)c3ccc(OCc4ccccc4)cc3)C(=O)C(=O)N2CCCN2CCOCC2)cc1. The number of hydrogen-bond donors (Lipinski definition) is 1. The van der Waals surface area contributed by atoms with Gasteiger partial charge in [-0.15, -0.1) is 0 Å². The summed E-state index contributed by atoms with van der Waals surface area (Å²) in [6, 6.07) is 23.6. The Hall–Kier alpha value is -4.14. The van der Waals surface area contributed by atoms with Crippen LogP contribution in [0.4, 0.5) is 0 Å². The lowest BCUT2D eigenvalue weighted by atomic mass is 9.95. The van der Waals surface area contributed by atoms with Crippen molar-refractivity contribution in [3.63, 3.8) is 0 Å². The van der Waals surface area contributed by atoms with Crippen LogP contribution in [0.25, 0.3) is 5.76 Å². The van der Waals surface area contributed by atoms with Gasteiger partial charge in [-0.3, -0.25) is 14.5 Å². The third-order valence-corrected chi connectivity index (χ3v) is 8.11. The molecule has 5 rings (SSSR count). The van der Waals surface area contributed by atoms with Crippen molar-refractivity contribution in [1.82, 2.24) is 9.80 Å². The average Bonchev–Trinajstić information content (AvgIpc) is 3.32. The molecule has 2 fully saturated rings. The molecule has 1 unspecified atom stereocenters. The van der Waals surface area contributed by atoms with Crippen molar-refractivity contribution in [2.45, 2.75) is 45.3 Å². The summed E-state index contributed by atoms with van der Waals surface area (Å²) in [6.45, 7) is 7.51. The summed E-state index contributed by atoms with van der Waals surface area (Å²) in [6.07, 6.45) is 3.92. The van der Waals surface area contributed by atoms with E-state index in [1.807, 2.05) is 54.6 Å². The molecular weight excluding hydrogens is 556 g/mol. The van der Waals surface area contributed by atoms with Crippen molar-refractivity contribution in [1.29, 1.82) is 0 Å². The fraction of sp³-hybridized carbons (Fsp3) is 0.389. The molecule has 0 saturated carbocycles. The zero-order valence-corrected chi connectivity index (χ0v) is 25.5. The molecule has 232 valence electrons. The molecule has 8 nitrogen and oxygen atoms in total. The quantitative estimate of drug-likeness (QED) is 0.106. The molecule has 2 aliphatic heterocycles. The summed E-state index contributed by atoms with van der Waals surface area (Å²) < 4.78 is 17.2. The smallest absolute Gasteiger partial charge is 0.295 e. The van der Waals surface area contributed by atoms with E-state index < -0.39 is 17.7 Å². The molecule has 2 saturated heterocycles. The van der Waals surface area contributed by atoms with Gasteiger partial charge in [0.1, 0.15) is 23.9 Å². The zero-order valence-electron chi connectivity index (χ0n) is 25.5. The Bertz CT molecular complexity index is 1400. The molecule has 0 spiro atoms. The molecule has 3 aromatic rings. The number of morpholine rings is 1. The molecule has 1 amide bonds. The van der Waals surface area contributed by atoms with Crippen molar-refractivity contribution in [2.24, 2.45) is 0 Å². The van der Waals surface area contributed by atoms with Crippen LogP contribution < -0.4 is 9.47 Å². The van der Waals surface area contributed by atoms with Gasteiger partial charge in [-0.25, -0.2) is 0 Å². The molecule has 0 radical (unpaired) electrons. The lowest BCUT2D eigenvalue weighted by Gasteiger charge is -2.29. The van der Waals surface area contributed by atoms with Gasteiger partial charge in [-0.05, 0) is 60.4 Å². The number of carbonyl (C=O) groups excluding carboxylic acids is 2. The highest BCUT2D eigenvalue weighted by Gasteiger charge is 2.45. The standard InChI is InChI=1S/C36H42N2O6/c1-2-3-7-23-43-30-15-11-28(12-16-30)33-32(35(40)36(41)38(33)20-8-19-37-21-24-42-25-22-37)34(39)29-13-17-31(18-14-29)44-26-27-9-5-4-6-10-27/h4-6,9-18,33,39H,2-3,7-8,19-26H2,1H3/b34-32+. The van der Waals surface area contributed by atoms with E-state index >= 15 is 0 Å². The van der Waals surface area contributed by atoms with E-state index in [-0.39, 0.29) is 11.3 Å². The van der Waals surface area contributed by atoms with Crippen LogP contribution in [-0.4, -0.2) is 72.6 Å². The number of carbonyl (C=O) groups is 2. The number of nitrogens with zero attached hydrogens (tertiary/aromatic N) is 2. The molecule has 8 heteroatoms. The minimum atomic E-state index is -0.706. The van der Waals surface area contributed by atoms with E-state index in [1.54, 1.807) is 29.2 Å². The van der Waals surface area contributed by atoms with Crippen LogP contribution in [-0.2, 0) is 20.9 Å². The van der Waals surface area contributed by atoms with Crippen molar-refractivity contribution >= 4 is 17.4 Å². The number of ether oxygens (including phenoxy) is 3. The van der Waals surface area contributed by atoms with E-state index in [0.29, 0.717) is 50.7 Å². The summed E-state index contributed by atoms with van der Waals surface area (Å²) in [5.41, 5.74) is 2.34. The van der Waals surface area contributed by atoms with Gasteiger partial charge in [0.15, 0.2) is 0 Å². The first-order chi connectivity index (χ1) is 21.5. The first kappa shape index (κ1) is 31.3. The molecule has 1 atom stereocenters. The van der Waals surface area contributed by atoms with Crippen LogP contribution in [0, 0.1) is 0 Å². The fourth-order valence-corrected chi connectivity index (χ4v) is 5.64. The Morgan fingerprint density at radius 3 is 2.23 bits per heavy atom. The second kappa shape index (κ2) is 15.5. The normalized spacial score (nSPS) is 18.5. The van der Waals surface area contributed by atoms with Gasteiger partial charge in [-0.1, -0.05) is 62.2 Å². The van der Waals surface area contributed by atoms with Crippen LogP contribution in [0.15, 0.2) is 84.4 Å². The predicted octanol–water partition coefficient (Wildman–Crippen LogP) is 5.98. The maximum atomic E-state index is 13.5. The summed E-state index contributed by atoms with van der Waals surface area (Å²) >= 11 is 0. The maximum absolute atomic E-state index is 13.5. The second-order valence-corrected chi connectivity index (χ2v) is 11.2. The van der Waals surface area contributed by atoms with E-state index in [0.717, 1.165) is 55.8 Å². The number of hydrogen-bond acceptors (Lipinski definition) is 7. The Labute approximate surface area is 259 Å². The Morgan fingerprint density at radius 2 is 1.52 bits per heavy atom. The van der Waals surface area contributed by atoms with Crippen molar-refractivity contribution < 1.29 is 28.9 Å². The van der Waals surface area contributed by atoms with Crippen LogP contribution >= 0.6 is 0 Å². The number of rotatable bonds is 14. The fourth-order valence-electron chi connectivity index (χ4n) is 5.64. The zero-order chi connectivity index (χ0) is 30.7. The van der Waals surface area contributed by atoms with Gasteiger partial charge in [0.2, 0.25) is 0 Å². The Morgan fingerprint density at radius 1 is 0.841 bits per heavy atom. The van der Waals surface area contributed by atoms with Crippen LogP contribution in [0.3, 0.4) is 0 Å². The van der Waals surface area contributed by atoms with E-state index in [4.69, 9.17) is 14.2 Å². The number of likely N-dealkylation sites (tertiary alicyclic amines) is 1. The van der Waals surface area contributed by atoms with Crippen molar-refractivity contribution in [2.75, 3.05) is 46.0 Å². The number of aliphatic hydroxyl groups excluding tert-OH is 1. The van der Waals surface area contributed by atoms with Gasteiger partial charge < -0.3 is 24.2 Å². The number of ketones is 1. The average molecular weight is 599 g/mol. The Kier molecular flexibility index (Phi) is 11.1. The van der Waals surface area contributed by atoms with Gasteiger partial charge in [0.05, 0.1) is 31.4 Å². The Balaban J connectivity index is 1.37. The lowest BCUT2D eigenvalue weighted by Crippen LogP contribution is -2.38. The molecule has 3 aromatic carbocycles. The highest BCUT2D eigenvalue weighted by Crippen LogP contribution is 2.40. The molecule has 2 heterocycles. The molecule has 44 heavy (non-hydrogen) atoms. The number of unbranched alkanes of at least 4 members (excludes halogenated alkanes) is 2. The number of aliphatic hydroxyl groups is 1. The van der Waals surface area contributed by atoms with Gasteiger partial charge in [0.25, 0.3) is 11.7 Å². The highest BCUT2D eigenvalue weighted by atomic mass is 16.5. The molecule has 0 aromatic heterocycles. The predicted molar refractivity (Wildman–Crippen MR) is 170 cm³/mol. The summed E-state index contributed by atoms with van der Waals surface area (Å²) in [5.74, 6) is -0.0943. The maximum Gasteiger partial charge on any atom is 0.295 e. The van der Waals surface area contributed by atoms with Gasteiger partial charge in [0, 0.05) is 31.7 Å². The summed E-state index contributed by atoms with van der Waals surface area (Å²) in [7, 11) is 0. The molecular formula is C36H42N2O6. The third-order valence-electron chi connectivity index (χ3n) is 8.11.